The number of benzene rings is 1. The Morgan fingerprint density at radius 3 is 2.93 bits per heavy atom. The molecule has 5 N–H and O–H groups in total. The maximum absolute atomic E-state index is 5.91. The van der Waals surface area contributed by atoms with E-state index in [1.54, 1.807) is 0 Å². The Balaban J connectivity index is 2.63. The maximum Gasteiger partial charge on any atom is 0.0487 e. The predicted molar refractivity (Wildman–Crippen MR) is 59.0 cm³/mol. The van der Waals surface area contributed by atoms with Gasteiger partial charge in [0.2, 0.25) is 0 Å². The van der Waals surface area contributed by atoms with Gasteiger partial charge in [0.05, 0.1) is 0 Å². The number of H-pyrrole nitrogens is 1. The summed E-state index contributed by atoms with van der Waals surface area (Å²) in [6.45, 7) is 2.55. The van der Waals surface area contributed by atoms with Crippen molar-refractivity contribution < 1.29 is 0 Å². The van der Waals surface area contributed by atoms with Gasteiger partial charge in [-0.25, -0.2) is 0 Å². The average molecular weight is 189 g/mol. The van der Waals surface area contributed by atoms with Gasteiger partial charge in [0.1, 0.15) is 0 Å². The molecule has 1 aromatic heterocycles. The van der Waals surface area contributed by atoms with Gasteiger partial charge in [-0.15, -0.1) is 0 Å². The molecule has 3 nitrogen and oxygen atoms in total. The van der Waals surface area contributed by atoms with Gasteiger partial charge in [-0.3, -0.25) is 0 Å². The number of aromatic nitrogens is 1. The zero-order valence-corrected chi connectivity index (χ0v) is 8.25. The van der Waals surface area contributed by atoms with Crippen LogP contribution in [0.1, 0.15) is 17.2 Å². The van der Waals surface area contributed by atoms with Crippen molar-refractivity contribution in [3.05, 3.63) is 35.5 Å². The Morgan fingerprint density at radius 1 is 1.43 bits per heavy atom. The lowest BCUT2D eigenvalue weighted by Gasteiger charge is -2.06. The summed E-state index contributed by atoms with van der Waals surface area (Å²) < 4.78 is 0. The minimum absolute atomic E-state index is 0.0782. The summed E-state index contributed by atoms with van der Waals surface area (Å²) in [5.74, 6) is 0. The van der Waals surface area contributed by atoms with Crippen LogP contribution >= 0.6 is 0 Å². The van der Waals surface area contributed by atoms with Crippen LogP contribution in [0.4, 0.5) is 0 Å². The third-order valence-electron chi connectivity index (χ3n) is 2.61. The monoisotopic (exact) mass is 189 g/mol. The van der Waals surface area contributed by atoms with Crippen molar-refractivity contribution >= 4 is 10.9 Å². The fourth-order valence-electron chi connectivity index (χ4n) is 1.76. The van der Waals surface area contributed by atoms with Crippen LogP contribution in [0.5, 0.6) is 0 Å². The molecule has 2 rings (SSSR count). The van der Waals surface area contributed by atoms with Gasteiger partial charge in [-0.2, -0.15) is 0 Å². The van der Waals surface area contributed by atoms with E-state index in [2.05, 4.69) is 24.0 Å². The molecule has 1 heterocycles. The number of hydrogen-bond acceptors (Lipinski definition) is 2. The summed E-state index contributed by atoms with van der Waals surface area (Å²) in [6.07, 6.45) is 1.95. The topological polar surface area (TPSA) is 67.8 Å². The summed E-state index contributed by atoms with van der Waals surface area (Å²) in [7, 11) is 0. The molecule has 0 saturated heterocycles. The molecule has 14 heavy (non-hydrogen) atoms. The van der Waals surface area contributed by atoms with E-state index in [9.17, 15) is 0 Å². The Labute approximate surface area is 83.1 Å². The third kappa shape index (κ3) is 1.31. The van der Waals surface area contributed by atoms with Crippen molar-refractivity contribution in [2.75, 3.05) is 6.54 Å². The number of para-hydroxylation sites is 1. The molecule has 0 aliphatic carbocycles. The van der Waals surface area contributed by atoms with E-state index < -0.39 is 0 Å². The lowest BCUT2D eigenvalue weighted by molar-refractivity contribution is 0.743. The summed E-state index contributed by atoms with van der Waals surface area (Å²) in [5, 5.41) is 1.18. The summed E-state index contributed by atoms with van der Waals surface area (Å²) in [6, 6.07) is 6.11. The van der Waals surface area contributed by atoms with Gasteiger partial charge in [0.15, 0.2) is 0 Å². The average Bonchev–Trinajstić information content (AvgIpc) is 2.62. The van der Waals surface area contributed by atoms with Crippen molar-refractivity contribution in [2.45, 2.75) is 13.0 Å². The van der Waals surface area contributed by atoms with Crippen LogP contribution in [0.25, 0.3) is 10.9 Å². The number of nitrogens with one attached hydrogen (secondary N) is 1. The van der Waals surface area contributed by atoms with Gasteiger partial charge in [0.25, 0.3) is 0 Å². The zero-order valence-electron chi connectivity index (χ0n) is 8.25. The molecule has 0 radical (unpaired) electrons. The summed E-state index contributed by atoms with van der Waals surface area (Å²) >= 11 is 0. The lowest BCUT2D eigenvalue weighted by Crippen LogP contribution is -2.20. The second-order valence-corrected chi connectivity index (χ2v) is 3.58. The van der Waals surface area contributed by atoms with Crippen LogP contribution in [0, 0.1) is 6.92 Å². The molecular formula is C11H15N3. The van der Waals surface area contributed by atoms with E-state index in [4.69, 9.17) is 11.5 Å². The van der Waals surface area contributed by atoms with Crippen LogP contribution in [-0.4, -0.2) is 11.5 Å². The van der Waals surface area contributed by atoms with Gasteiger partial charge in [-0.1, -0.05) is 18.2 Å². The molecule has 2 aromatic rings. The first-order chi connectivity index (χ1) is 6.74. The smallest absolute Gasteiger partial charge is 0.0487 e. The number of aromatic amines is 1. The molecule has 74 valence electrons. The second-order valence-electron chi connectivity index (χ2n) is 3.58. The standard InChI is InChI=1S/C11H15N3/c1-7-3-2-4-8-9(10(13)5-12)6-14-11(7)8/h2-4,6,10,14H,5,12-13H2,1H3. The summed E-state index contributed by atoms with van der Waals surface area (Å²) in [5.41, 5.74) is 15.0. The highest BCUT2D eigenvalue weighted by Gasteiger charge is 2.10. The first kappa shape index (κ1) is 9.24. The summed E-state index contributed by atoms with van der Waals surface area (Å²) in [4.78, 5) is 3.24. The van der Waals surface area contributed by atoms with E-state index in [0.29, 0.717) is 6.54 Å². The van der Waals surface area contributed by atoms with Crippen molar-refractivity contribution in [3.63, 3.8) is 0 Å². The minimum Gasteiger partial charge on any atom is -0.361 e. The second kappa shape index (κ2) is 3.44. The predicted octanol–water partition coefficient (Wildman–Crippen LogP) is 1.43. The Morgan fingerprint density at radius 2 is 2.21 bits per heavy atom. The first-order valence-electron chi connectivity index (χ1n) is 4.76. The van der Waals surface area contributed by atoms with Crippen LogP contribution < -0.4 is 11.5 Å². The van der Waals surface area contributed by atoms with Gasteiger partial charge in [0, 0.05) is 29.7 Å². The molecule has 1 aromatic carbocycles. The van der Waals surface area contributed by atoms with E-state index >= 15 is 0 Å². The molecule has 0 bridgehead atoms. The highest BCUT2D eigenvalue weighted by Crippen LogP contribution is 2.24. The molecule has 0 aliphatic rings. The normalized spacial score (nSPS) is 13.4. The fourth-order valence-corrected chi connectivity index (χ4v) is 1.76. The van der Waals surface area contributed by atoms with Crippen molar-refractivity contribution in [2.24, 2.45) is 11.5 Å². The molecule has 3 heteroatoms. The molecule has 0 amide bonds. The lowest BCUT2D eigenvalue weighted by atomic mass is 10.1. The van der Waals surface area contributed by atoms with Gasteiger partial charge >= 0.3 is 0 Å². The number of rotatable bonds is 2. The SMILES string of the molecule is Cc1cccc2c(C(N)CN)c[nH]c12. The molecule has 1 unspecified atom stereocenters. The van der Waals surface area contributed by atoms with Crippen LogP contribution in [0.2, 0.25) is 0 Å². The molecule has 0 fully saturated rings. The molecular weight excluding hydrogens is 174 g/mol. The van der Waals surface area contributed by atoms with E-state index in [1.807, 2.05) is 12.3 Å². The minimum atomic E-state index is -0.0782. The van der Waals surface area contributed by atoms with E-state index in [0.717, 1.165) is 11.1 Å². The van der Waals surface area contributed by atoms with Crippen molar-refractivity contribution in [1.82, 2.24) is 4.98 Å². The van der Waals surface area contributed by atoms with E-state index in [-0.39, 0.29) is 6.04 Å². The number of fused-ring (bicyclic) bond motifs is 1. The van der Waals surface area contributed by atoms with Crippen LogP contribution in [0.3, 0.4) is 0 Å². The van der Waals surface area contributed by atoms with Gasteiger partial charge in [-0.05, 0) is 18.1 Å². The molecule has 1 atom stereocenters. The third-order valence-corrected chi connectivity index (χ3v) is 2.61. The zero-order chi connectivity index (χ0) is 10.1. The Bertz CT molecular complexity index is 445. The largest absolute Gasteiger partial charge is 0.361 e. The fraction of sp³-hybridized carbons (Fsp3) is 0.273. The van der Waals surface area contributed by atoms with Crippen molar-refractivity contribution in [1.29, 1.82) is 0 Å². The number of aryl methyl sites for hydroxylation is 1. The Kier molecular flexibility index (Phi) is 2.27. The molecule has 0 spiro atoms. The maximum atomic E-state index is 5.91. The number of hydrogen-bond donors (Lipinski definition) is 3. The van der Waals surface area contributed by atoms with Crippen LogP contribution in [0.15, 0.2) is 24.4 Å². The Hall–Kier alpha value is -1.32. The number of nitrogens with two attached hydrogens (primary N) is 2. The van der Waals surface area contributed by atoms with Crippen molar-refractivity contribution in [3.8, 4) is 0 Å². The highest BCUT2D eigenvalue weighted by atomic mass is 14.8. The quantitative estimate of drug-likeness (QED) is 0.669. The highest BCUT2D eigenvalue weighted by molar-refractivity contribution is 5.86. The van der Waals surface area contributed by atoms with Gasteiger partial charge < -0.3 is 16.5 Å². The first-order valence-corrected chi connectivity index (χ1v) is 4.76. The van der Waals surface area contributed by atoms with E-state index in [1.165, 1.54) is 10.9 Å². The molecule has 0 saturated carbocycles. The van der Waals surface area contributed by atoms with Crippen LogP contribution in [-0.2, 0) is 0 Å². The molecule has 0 aliphatic heterocycles.